The fraction of sp³-hybridized carbons (Fsp3) is 0.143. The topological polar surface area (TPSA) is 157 Å². The Morgan fingerprint density at radius 1 is 1.29 bits per heavy atom. The van der Waals surface area contributed by atoms with Crippen molar-refractivity contribution in [3.05, 3.63) is 80.5 Å². The van der Waals surface area contributed by atoms with Gasteiger partial charge >= 0.3 is 6.09 Å². The zero-order chi connectivity index (χ0) is 25.3. The number of aromatic nitrogens is 2. The Kier molecular flexibility index (Phi) is 6.34. The molecule has 0 radical (unpaired) electrons. The van der Waals surface area contributed by atoms with Gasteiger partial charge < -0.3 is 19.9 Å². The van der Waals surface area contributed by atoms with Gasteiger partial charge in [0.15, 0.2) is 5.82 Å². The maximum atomic E-state index is 14.0. The van der Waals surface area contributed by atoms with E-state index in [1.54, 1.807) is 0 Å². The number of hydrogen-bond donors (Lipinski definition) is 3. The quantitative estimate of drug-likeness (QED) is 0.357. The first-order chi connectivity index (χ1) is 16.7. The molecule has 0 aliphatic carbocycles. The second-order valence-corrected chi connectivity index (χ2v) is 7.67. The Bertz CT molecular complexity index is 1360. The van der Waals surface area contributed by atoms with Gasteiger partial charge in [0.05, 0.1) is 16.7 Å². The smallest absolute Gasteiger partial charge is 0.410 e. The molecule has 1 aromatic heterocycles. The number of benzene rings is 2. The lowest BCUT2D eigenvalue weighted by molar-refractivity contribution is -0.384. The Balaban J connectivity index is 1.72. The molecule has 180 valence electrons. The first-order valence-electron chi connectivity index (χ1n) is 9.98. The molecule has 0 fully saturated rings. The number of imidazole rings is 1. The number of nitro benzene ring substituents is 1. The van der Waals surface area contributed by atoms with Crippen molar-refractivity contribution < 1.29 is 28.4 Å². The summed E-state index contributed by atoms with van der Waals surface area (Å²) in [6.07, 6.45) is -1.02. The summed E-state index contributed by atoms with van der Waals surface area (Å²) in [4.78, 5) is 51.8. The minimum atomic E-state index is -1.06. The molecule has 1 aliphatic heterocycles. The predicted molar refractivity (Wildman–Crippen MR) is 120 cm³/mol. The summed E-state index contributed by atoms with van der Waals surface area (Å²) < 4.78 is 20.4. The van der Waals surface area contributed by atoms with Crippen molar-refractivity contribution >= 4 is 41.0 Å². The van der Waals surface area contributed by atoms with Crippen LogP contribution < -0.4 is 20.7 Å². The van der Waals surface area contributed by atoms with Crippen LogP contribution in [0.5, 0.6) is 5.75 Å². The van der Waals surface area contributed by atoms with Crippen molar-refractivity contribution in [2.45, 2.75) is 12.6 Å². The zero-order valence-corrected chi connectivity index (χ0v) is 18.6. The summed E-state index contributed by atoms with van der Waals surface area (Å²) in [7, 11) is 1.36. The largest absolute Gasteiger partial charge is 0.418 e. The Labute approximate surface area is 201 Å². The van der Waals surface area contributed by atoms with E-state index in [0.29, 0.717) is 0 Å². The molecule has 0 spiro atoms. The summed E-state index contributed by atoms with van der Waals surface area (Å²) in [5.41, 5.74) is 0.147. The summed E-state index contributed by atoms with van der Waals surface area (Å²) >= 11 is 6.25. The summed E-state index contributed by atoms with van der Waals surface area (Å²) in [6.45, 7) is -0.298. The third-order valence-electron chi connectivity index (χ3n) is 5.07. The fourth-order valence-corrected chi connectivity index (χ4v) is 3.77. The number of halogens is 2. The zero-order valence-electron chi connectivity index (χ0n) is 17.9. The third-order valence-corrected chi connectivity index (χ3v) is 5.41. The lowest BCUT2D eigenvalue weighted by Gasteiger charge is -2.28. The highest BCUT2D eigenvalue weighted by Crippen LogP contribution is 2.36. The van der Waals surface area contributed by atoms with Gasteiger partial charge in [-0.05, 0) is 30.3 Å². The number of ether oxygens (including phenoxy) is 1. The molecule has 3 aromatic rings. The summed E-state index contributed by atoms with van der Waals surface area (Å²) in [5, 5.41) is 18.4. The molecule has 4 rings (SSSR count). The number of anilines is 1. The average Bonchev–Trinajstić information content (AvgIpc) is 3.17. The van der Waals surface area contributed by atoms with Gasteiger partial charge in [-0.15, -0.1) is 0 Å². The SMILES string of the molecule is CNC(=O)c1nc(NC(=O)Oc2ccc([N+](=O)[O-])cc2)c2n1CC(=O)N[C@H]2c1cc(F)ccc1Cl. The monoisotopic (exact) mass is 502 g/mol. The second kappa shape index (κ2) is 9.38. The highest BCUT2D eigenvalue weighted by atomic mass is 35.5. The first-order valence-corrected chi connectivity index (χ1v) is 10.4. The molecule has 0 bridgehead atoms. The molecule has 2 aromatic carbocycles. The molecule has 1 atom stereocenters. The normalized spacial score (nSPS) is 14.5. The standard InChI is InChI=1S/C21H16ClFN6O6/c1-24-20(31)19-26-18(27-21(32)35-12-5-3-11(4-6-12)29(33)34)17-16(25-15(30)9-28(17)19)13-8-10(23)2-7-14(13)22/h2-8,16H,9H2,1H3,(H,24,31)(H,25,30)(H,27,32)/t16-/m0/s1. The Morgan fingerprint density at radius 3 is 2.66 bits per heavy atom. The van der Waals surface area contributed by atoms with Crippen LogP contribution in [0.4, 0.5) is 20.7 Å². The highest BCUT2D eigenvalue weighted by molar-refractivity contribution is 6.31. The van der Waals surface area contributed by atoms with E-state index >= 15 is 0 Å². The number of fused-ring (bicyclic) bond motifs is 1. The molecule has 14 heteroatoms. The first kappa shape index (κ1) is 23.6. The number of nitro groups is 1. The molecule has 1 aliphatic rings. The van der Waals surface area contributed by atoms with Crippen LogP contribution in [0.1, 0.15) is 27.9 Å². The molecule has 3 N–H and O–H groups in total. The summed E-state index contributed by atoms with van der Waals surface area (Å²) in [5.74, 6) is -2.06. The van der Waals surface area contributed by atoms with E-state index in [9.17, 15) is 28.9 Å². The van der Waals surface area contributed by atoms with Gasteiger partial charge in [-0.3, -0.25) is 25.0 Å². The number of nitrogens with zero attached hydrogens (tertiary/aromatic N) is 3. The number of carbonyl (C=O) groups is 3. The van der Waals surface area contributed by atoms with Crippen molar-refractivity contribution in [1.29, 1.82) is 0 Å². The van der Waals surface area contributed by atoms with E-state index in [2.05, 4.69) is 20.9 Å². The van der Waals surface area contributed by atoms with Crippen molar-refractivity contribution in [2.75, 3.05) is 12.4 Å². The maximum Gasteiger partial charge on any atom is 0.418 e. The van der Waals surface area contributed by atoms with Gasteiger partial charge in [-0.1, -0.05) is 11.6 Å². The Morgan fingerprint density at radius 2 is 2.00 bits per heavy atom. The molecule has 12 nitrogen and oxygen atoms in total. The maximum absolute atomic E-state index is 14.0. The fourth-order valence-electron chi connectivity index (χ4n) is 3.54. The minimum absolute atomic E-state index is 0.00530. The molecule has 2 heterocycles. The van der Waals surface area contributed by atoms with Gasteiger partial charge in [-0.2, -0.15) is 0 Å². The van der Waals surface area contributed by atoms with Crippen molar-refractivity contribution in [2.24, 2.45) is 0 Å². The van der Waals surface area contributed by atoms with Crippen LogP contribution in [0, 0.1) is 15.9 Å². The van der Waals surface area contributed by atoms with Gasteiger partial charge in [0, 0.05) is 29.8 Å². The van der Waals surface area contributed by atoms with Crippen LogP contribution >= 0.6 is 11.6 Å². The van der Waals surface area contributed by atoms with Crippen molar-refractivity contribution in [3.63, 3.8) is 0 Å². The van der Waals surface area contributed by atoms with E-state index in [4.69, 9.17) is 16.3 Å². The van der Waals surface area contributed by atoms with Crippen LogP contribution in [0.2, 0.25) is 5.02 Å². The average molecular weight is 503 g/mol. The number of nitrogens with one attached hydrogen (secondary N) is 3. The van der Waals surface area contributed by atoms with Crippen LogP contribution in [0.25, 0.3) is 0 Å². The van der Waals surface area contributed by atoms with Crippen LogP contribution in [0.3, 0.4) is 0 Å². The summed E-state index contributed by atoms with van der Waals surface area (Å²) in [6, 6.07) is 7.28. The van der Waals surface area contributed by atoms with Gasteiger partial charge in [-0.25, -0.2) is 14.2 Å². The van der Waals surface area contributed by atoms with E-state index in [1.807, 2.05) is 0 Å². The third kappa shape index (κ3) is 4.75. The molecule has 3 amide bonds. The highest BCUT2D eigenvalue weighted by Gasteiger charge is 2.36. The molecule has 0 saturated carbocycles. The molecular formula is C21H16ClFN6O6. The van der Waals surface area contributed by atoms with Crippen LogP contribution in [-0.2, 0) is 11.3 Å². The lowest BCUT2D eigenvalue weighted by Crippen LogP contribution is -2.41. The molecular weight excluding hydrogens is 487 g/mol. The van der Waals surface area contributed by atoms with Crippen LogP contribution in [0.15, 0.2) is 42.5 Å². The predicted octanol–water partition coefficient (Wildman–Crippen LogP) is 2.77. The minimum Gasteiger partial charge on any atom is -0.410 e. The van der Waals surface area contributed by atoms with E-state index in [-0.39, 0.29) is 45.9 Å². The number of carbonyl (C=O) groups excluding carboxylic acids is 3. The number of rotatable bonds is 5. The van der Waals surface area contributed by atoms with Gasteiger partial charge in [0.2, 0.25) is 11.7 Å². The molecule has 0 saturated heterocycles. The van der Waals surface area contributed by atoms with Crippen molar-refractivity contribution in [3.8, 4) is 5.75 Å². The van der Waals surface area contributed by atoms with Gasteiger partial charge in [0.25, 0.3) is 11.6 Å². The van der Waals surface area contributed by atoms with E-state index in [0.717, 1.165) is 24.3 Å². The number of non-ortho nitro benzene ring substituents is 1. The van der Waals surface area contributed by atoms with Crippen molar-refractivity contribution in [1.82, 2.24) is 20.2 Å². The lowest BCUT2D eigenvalue weighted by atomic mass is 10.0. The molecule has 0 unspecified atom stereocenters. The number of amides is 3. The molecule has 35 heavy (non-hydrogen) atoms. The van der Waals surface area contributed by atoms with Crippen LogP contribution in [-0.4, -0.2) is 39.4 Å². The van der Waals surface area contributed by atoms with E-state index < -0.39 is 34.7 Å². The van der Waals surface area contributed by atoms with E-state index in [1.165, 1.54) is 29.8 Å². The second-order valence-electron chi connectivity index (χ2n) is 7.27. The Hall–Kier alpha value is -4.52. The number of hydrogen-bond acceptors (Lipinski definition) is 7. The van der Waals surface area contributed by atoms with Gasteiger partial charge in [0.1, 0.15) is 18.1 Å².